The van der Waals surface area contributed by atoms with E-state index in [1.165, 1.54) is 0 Å². The highest BCUT2D eigenvalue weighted by atomic mass is 32.2. The number of carboxylic acid groups (broad SMARTS) is 1. The van der Waals surface area contributed by atoms with Gasteiger partial charge in [-0.15, -0.1) is 0 Å². The highest BCUT2D eigenvalue weighted by Gasteiger charge is 2.29. The second-order valence-corrected chi connectivity index (χ2v) is 9.90. The van der Waals surface area contributed by atoms with Gasteiger partial charge in [0.1, 0.15) is 4.90 Å². The van der Waals surface area contributed by atoms with E-state index in [1.54, 1.807) is 23.9 Å². The summed E-state index contributed by atoms with van der Waals surface area (Å²) in [4.78, 5) is 13.6. The van der Waals surface area contributed by atoms with Crippen LogP contribution in [0.3, 0.4) is 0 Å². The topological polar surface area (TPSA) is 105 Å². The molecule has 0 amide bonds. The van der Waals surface area contributed by atoms with Gasteiger partial charge >= 0.3 is 5.97 Å². The van der Waals surface area contributed by atoms with Crippen LogP contribution in [0.15, 0.2) is 47.5 Å². The van der Waals surface area contributed by atoms with Crippen molar-refractivity contribution in [3.63, 3.8) is 0 Å². The molecule has 0 radical (unpaired) electrons. The number of aliphatic carboxylic acids is 1. The van der Waals surface area contributed by atoms with Gasteiger partial charge in [0.05, 0.1) is 17.3 Å². The molecule has 1 fully saturated rings. The lowest BCUT2D eigenvalue weighted by Crippen LogP contribution is -2.23. The molecule has 0 saturated carbocycles. The fourth-order valence-corrected chi connectivity index (χ4v) is 5.49. The SMILES string of the molecule is CCCCn1cc(S(=O)(=O)Nc2ccc(N3CCC(C(=O)O)C3)c3ccccc23)c(C)n1. The third-order valence-electron chi connectivity index (χ3n) is 5.96. The van der Waals surface area contributed by atoms with Crippen molar-refractivity contribution in [1.29, 1.82) is 0 Å². The van der Waals surface area contributed by atoms with Crippen LogP contribution in [0, 0.1) is 12.8 Å². The van der Waals surface area contributed by atoms with E-state index in [1.807, 2.05) is 30.3 Å². The van der Waals surface area contributed by atoms with Gasteiger partial charge in [0.2, 0.25) is 0 Å². The molecule has 1 atom stereocenters. The Balaban J connectivity index is 1.66. The van der Waals surface area contributed by atoms with Crippen LogP contribution in [0.4, 0.5) is 11.4 Å². The number of hydrogen-bond acceptors (Lipinski definition) is 5. The van der Waals surface area contributed by atoms with Crippen molar-refractivity contribution >= 4 is 38.1 Å². The van der Waals surface area contributed by atoms with Gasteiger partial charge in [-0.3, -0.25) is 14.2 Å². The Bertz CT molecular complexity index is 1250. The number of anilines is 2. The first-order valence-electron chi connectivity index (χ1n) is 10.9. The molecule has 2 aromatic carbocycles. The first-order valence-corrected chi connectivity index (χ1v) is 12.3. The van der Waals surface area contributed by atoms with Gasteiger partial charge in [-0.1, -0.05) is 37.6 Å². The van der Waals surface area contributed by atoms with Crippen LogP contribution < -0.4 is 9.62 Å². The minimum absolute atomic E-state index is 0.172. The second-order valence-electron chi connectivity index (χ2n) is 8.25. The molecule has 1 aliphatic heterocycles. The average Bonchev–Trinajstić information content (AvgIpc) is 3.40. The summed E-state index contributed by atoms with van der Waals surface area (Å²) < 4.78 is 30.8. The number of unbranched alkanes of at least 4 members (excludes halogenated alkanes) is 1. The van der Waals surface area contributed by atoms with E-state index in [9.17, 15) is 18.3 Å². The number of carbonyl (C=O) groups is 1. The number of carboxylic acids is 1. The Kier molecular flexibility index (Phi) is 6.10. The van der Waals surface area contributed by atoms with Gasteiger partial charge in [-0.2, -0.15) is 5.10 Å². The average molecular weight is 457 g/mol. The van der Waals surface area contributed by atoms with E-state index in [0.717, 1.165) is 29.3 Å². The van der Waals surface area contributed by atoms with Gasteiger partial charge in [0.15, 0.2) is 0 Å². The standard InChI is InChI=1S/C23H28N4O4S/c1-3-4-12-27-15-22(16(2)24-27)32(30,31)25-20-9-10-21(19-8-6-5-7-18(19)20)26-13-11-17(14-26)23(28)29/h5-10,15,17,25H,3-4,11-14H2,1-2H3,(H,28,29). The number of sulfonamides is 1. The van der Waals surface area contributed by atoms with Crippen molar-refractivity contribution in [3.8, 4) is 0 Å². The second kappa shape index (κ2) is 8.82. The van der Waals surface area contributed by atoms with Crippen molar-refractivity contribution < 1.29 is 18.3 Å². The number of nitrogens with one attached hydrogen (secondary N) is 1. The molecule has 170 valence electrons. The highest BCUT2D eigenvalue weighted by Crippen LogP contribution is 2.36. The Morgan fingerprint density at radius 2 is 1.97 bits per heavy atom. The molecule has 0 bridgehead atoms. The number of fused-ring (bicyclic) bond motifs is 1. The number of benzene rings is 2. The number of hydrogen-bond donors (Lipinski definition) is 2. The molecular weight excluding hydrogens is 428 g/mol. The molecule has 2 N–H and O–H groups in total. The van der Waals surface area contributed by atoms with Crippen LogP contribution in [0.1, 0.15) is 31.9 Å². The molecular formula is C23H28N4O4S. The highest BCUT2D eigenvalue weighted by molar-refractivity contribution is 7.92. The maximum absolute atomic E-state index is 13.2. The number of nitrogens with zero attached hydrogens (tertiary/aromatic N) is 3. The smallest absolute Gasteiger partial charge is 0.308 e. The molecule has 0 aliphatic carbocycles. The molecule has 32 heavy (non-hydrogen) atoms. The van der Waals surface area contributed by atoms with Crippen molar-refractivity contribution in [1.82, 2.24) is 9.78 Å². The minimum atomic E-state index is -3.82. The van der Waals surface area contributed by atoms with Crippen LogP contribution in [-0.4, -0.2) is 42.4 Å². The zero-order valence-corrected chi connectivity index (χ0v) is 19.1. The van der Waals surface area contributed by atoms with Gasteiger partial charge < -0.3 is 10.0 Å². The third-order valence-corrected chi connectivity index (χ3v) is 7.42. The number of aromatic nitrogens is 2. The molecule has 1 aromatic heterocycles. The van der Waals surface area contributed by atoms with Crippen LogP contribution in [0.25, 0.3) is 10.8 Å². The predicted octanol–water partition coefficient (Wildman–Crippen LogP) is 3.86. The lowest BCUT2D eigenvalue weighted by Gasteiger charge is -2.22. The summed E-state index contributed by atoms with van der Waals surface area (Å²) >= 11 is 0. The molecule has 3 aromatic rings. The van der Waals surface area contributed by atoms with Crippen LogP contribution in [-0.2, 0) is 21.4 Å². The summed E-state index contributed by atoms with van der Waals surface area (Å²) in [5, 5.41) is 15.3. The fourth-order valence-electron chi connectivity index (χ4n) is 4.23. The minimum Gasteiger partial charge on any atom is -0.481 e. The Morgan fingerprint density at radius 1 is 1.22 bits per heavy atom. The van der Waals surface area contributed by atoms with E-state index in [2.05, 4.69) is 21.6 Å². The Hall–Kier alpha value is -3.07. The van der Waals surface area contributed by atoms with E-state index >= 15 is 0 Å². The van der Waals surface area contributed by atoms with Crippen molar-refractivity contribution in [2.24, 2.45) is 5.92 Å². The van der Waals surface area contributed by atoms with Crippen molar-refractivity contribution in [3.05, 3.63) is 48.3 Å². The number of aryl methyl sites for hydroxylation is 2. The van der Waals surface area contributed by atoms with Crippen LogP contribution in [0.2, 0.25) is 0 Å². The largest absolute Gasteiger partial charge is 0.481 e. The lowest BCUT2D eigenvalue weighted by molar-refractivity contribution is -0.140. The monoisotopic (exact) mass is 456 g/mol. The maximum Gasteiger partial charge on any atom is 0.308 e. The molecule has 1 unspecified atom stereocenters. The number of rotatable bonds is 8. The molecule has 0 spiro atoms. The summed E-state index contributed by atoms with van der Waals surface area (Å²) in [5.41, 5.74) is 1.86. The molecule has 2 heterocycles. The zero-order chi connectivity index (χ0) is 22.9. The first-order chi connectivity index (χ1) is 15.3. The van der Waals surface area contributed by atoms with E-state index in [4.69, 9.17) is 0 Å². The maximum atomic E-state index is 13.2. The third kappa shape index (κ3) is 4.29. The van der Waals surface area contributed by atoms with Crippen molar-refractivity contribution in [2.75, 3.05) is 22.7 Å². The first kappa shape index (κ1) is 22.1. The predicted molar refractivity (Wildman–Crippen MR) is 125 cm³/mol. The molecule has 4 rings (SSSR count). The van der Waals surface area contributed by atoms with Gasteiger partial charge in [0, 0.05) is 42.3 Å². The summed E-state index contributed by atoms with van der Waals surface area (Å²) in [6, 6.07) is 11.2. The van der Waals surface area contributed by atoms with Gasteiger partial charge in [0.25, 0.3) is 10.0 Å². The summed E-state index contributed by atoms with van der Waals surface area (Å²) in [6.07, 6.45) is 4.11. The van der Waals surface area contributed by atoms with Crippen LogP contribution in [0.5, 0.6) is 0 Å². The van der Waals surface area contributed by atoms with E-state index in [-0.39, 0.29) is 10.8 Å². The summed E-state index contributed by atoms with van der Waals surface area (Å²) in [7, 11) is -3.82. The normalized spacial score (nSPS) is 16.6. The van der Waals surface area contributed by atoms with E-state index in [0.29, 0.717) is 37.4 Å². The zero-order valence-electron chi connectivity index (χ0n) is 18.3. The fraction of sp³-hybridized carbons (Fsp3) is 0.391. The molecule has 8 nitrogen and oxygen atoms in total. The molecule has 1 aliphatic rings. The summed E-state index contributed by atoms with van der Waals surface area (Å²) in [6.45, 7) is 5.55. The molecule has 1 saturated heterocycles. The molecule has 9 heteroatoms. The Labute approximate surface area is 187 Å². The Morgan fingerprint density at radius 3 is 2.66 bits per heavy atom. The quantitative estimate of drug-likeness (QED) is 0.533. The van der Waals surface area contributed by atoms with Gasteiger partial charge in [-0.25, -0.2) is 8.42 Å². The van der Waals surface area contributed by atoms with E-state index < -0.39 is 16.0 Å². The lowest BCUT2D eigenvalue weighted by atomic mass is 10.1. The van der Waals surface area contributed by atoms with Crippen molar-refractivity contribution in [2.45, 2.75) is 44.6 Å². The van der Waals surface area contributed by atoms with Crippen LogP contribution >= 0.6 is 0 Å². The summed E-state index contributed by atoms with van der Waals surface area (Å²) in [5.74, 6) is -1.17. The van der Waals surface area contributed by atoms with Gasteiger partial charge in [-0.05, 0) is 31.9 Å².